The van der Waals surface area contributed by atoms with Gasteiger partial charge in [0.1, 0.15) is 6.10 Å². The Bertz CT molecular complexity index is 742. The van der Waals surface area contributed by atoms with E-state index in [-0.39, 0.29) is 17.9 Å². The second kappa shape index (κ2) is 7.70. The summed E-state index contributed by atoms with van der Waals surface area (Å²) in [7, 11) is 0. The largest absolute Gasteiger partial charge is 0.463 e. The molecule has 0 amide bonds. The van der Waals surface area contributed by atoms with Crippen LogP contribution in [0.15, 0.2) is 0 Å². The van der Waals surface area contributed by atoms with Gasteiger partial charge >= 0.3 is 5.97 Å². The van der Waals surface area contributed by atoms with E-state index < -0.39 is 0 Å². The Kier molecular flexibility index (Phi) is 5.27. The van der Waals surface area contributed by atoms with Gasteiger partial charge in [0.15, 0.2) is 5.79 Å². The molecular weight excluding hydrogens is 400 g/mol. The molecule has 0 bridgehead atoms. The van der Waals surface area contributed by atoms with Crippen LogP contribution in [0, 0.1) is 52.8 Å². The fourth-order valence-corrected chi connectivity index (χ4v) is 10.0. The van der Waals surface area contributed by atoms with Crippen LogP contribution in [-0.4, -0.2) is 30.6 Å². The first-order chi connectivity index (χ1) is 15.3. The fraction of sp³-hybridized carbons (Fsp3) is 0.964. The Morgan fingerprint density at radius 3 is 2.50 bits per heavy atom. The quantitative estimate of drug-likeness (QED) is 0.467. The minimum atomic E-state index is -0.275. The first kappa shape index (κ1) is 21.9. The molecule has 2 heterocycles. The van der Waals surface area contributed by atoms with Gasteiger partial charge in [0, 0.05) is 19.3 Å². The van der Waals surface area contributed by atoms with Crippen molar-refractivity contribution in [1.82, 2.24) is 0 Å². The van der Waals surface area contributed by atoms with Crippen LogP contribution in [0.2, 0.25) is 0 Å². The lowest BCUT2D eigenvalue weighted by Gasteiger charge is -2.59. The summed E-state index contributed by atoms with van der Waals surface area (Å²) in [5.41, 5.74) is 0.443. The van der Waals surface area contributed by atoms with Gasteiger partial charge in [-0.3, -0.25) is 4.79 Å². The van der Waals surface area contributed by atoms with Crippen LogP contribution in [0.4, 0.5) is 0 Å². The molecule has 0 aromatic heterocycles. The first-order valence-electron chi connectivity index (χ1n) is 13.8. The van der Waals surface area contributed by atoms with E-state index in [2.05, 4.69) is 20.8 Å². The number of esters is 1. The summed E-state index contributed by atoms with van der Waals surface area (Å²) in [4.78, 5) is 11.5. The maximum absolute atomic E-state index is 11.5. The highest BCUT2D eigenvalue weighted by molar-refractivity contribution is 5.66. The standard InChI is InChI=1S/C28H44O4/c1-16-9-12-28(30-15-16)17(2)26-22-7-8-24-21(23(22)14-25(26)32-28)6-5-19-13-20(31-18(3)29)10-11-27(19,24)4/h16-17,19-26H,5-15H2,1-4H3. The molecule has 6 rings (SSSR count). The molecule has 0 radical (unpaired) electrons. The Hall–Kier alpha value is -0.610. The number of fused-ring (bicyclic) bond motifs is 7. The van der Waals surface area contributed by atoms with Gasteiger partial charge < -0.3 is 14.2 Å². The van der Waals surface area contributed by atoms with Crippen molar-refractivity contribution in [2.24, 2.45) is 52.8 Å². The third-order valence-electron chi connectivity index (χ3n) is 11.6. The van der Waals surface area contributed by atoms with Gasteiger partial charge in [-0.1, -0.05) is 20.8 Å². The van der Waals surface area contributed by atoms with Gasteiger partial charge in [-0.15, -0.1) is 0 Å². The molecule has 32 heavy (non-hydrogen) atoms. The number of carbonyl (C=O) groups is 1. The normalized spacial score (nSPS) is 56.8. The minimum absolute atomic E-state index is 0.103. The van der Waals surface area contributed by atoms with Gasteiger partial charge in [0.05, 0.1) is 12.7 Å². The van der Waals surface area contributed by atoms with Gasteiger partial charge in [0.25, 0.3) is 0 Å². The van der Waals surface area contributed by atoms with Gasteiger partial charge in [-0.25, -0.2) is 0 Å². The average molecular weight is 445 g/mol. The Morgan fingerprint density at radius 1 is 0.938 bits per heavy atom. The zero-order valence-corrected chi connectivity index (χ0v) is 20.7. The molecule has 6 aliphatic rings. The molecule has 2 aliphatic heterocycles. The lowest BCUT2D eigenvalue weighted by molar-refractivity contribution is -0.272. The van der Waals surface area contributed by atoms with Crippen molar-refractivity contribution >= 4 is 5.97 Å². The van der Waals surface area contributed by atoms with Crippen molar-refractivity contribution in [3.63, 3.8) is 0 Å². The Morgan fingerprint density at radius 2 is 1.75 bits per heavy atom. The van der Waals surface area contributed by atoms with E-state index in [1.807, 2.05) is 0 Å². The molecule has 6 fully saturated rings. The average Bonchev–Trinajstić information content (AvgIpc) is 3.24. The third-order valence-corrected chi connectivity index (χ3v) is 11.6. The monoisotopic (exact) mass is 444 g/mol. The fourth-order valence-electron chi connectivity index (χ4n) is 10.0. The summed E-state index contributed by atoms with van der Waals surface area (Å²) in [6.07, 6.45) is 13.1. The molecule has 12 atom stereocenters. The number of ether oxygens (including phenoxy) is 3. The van der Waals surface area contributed by atoms with Gasteiger partial charge in [-0.2, -0.15) is 0 Å². The molecule has 4 nitrogen and oxygen atoms in total. The number of hydrogen-bond acceptors (Lipinski definition) is 4. The molecule has 4 saturated carbocycles. The molecule has 0 aromatic carbocycles. The van der Waals surface area contributed by atoms with E-state index in [1.54, 1.807) is 6.92 Å². The van der Waals surface area contributed by atoms with Crippen molar-refractivity contribution in [1.29, 1.82) is 0 Å². The van der Waals surface area contributed by atoms with Crippen LogP contribution in [0.3, 0.4) is 0 Å². The lowest BCUT2D eigenvalue weighted by Crippen LogP contribution is -2.53. The van der Waals surface area contributed by atoms with Gasteiger partial charge in [0.2, 0.25) is 0 Å². The molecule has 1 spiro atoms. The lowest BCUT2D eigenvalue weighted by atomic mass is 9.46. The zero-order chi connectivity index (χ0) is 22.3. The summed E-state index contributed by atoms with van der Waals surface area (Å²) in [6, 6.07) is 0. The molecule has 12 unspecified atom stereocenters. The second-order valence-corrected chi connectivity index (χ2v) is 13.0. The second-order valence-electron chi connectivity index (χ2n) is 13.0. The third kappa shape index (κ3) is 3.17. The Labute approximate surface area is 194 Å². The molecule has 4 heteroatoms. The van der Waals surface area contributed by atoms with E-state index in [0.29, 0.717) is 29.3 Å². The maximum atomic E-state index is 11.5. The summed E-state index contributed by atoms with van der Waals surface area (Å²) in [6.45, 7) is 9.79. The first-order valence-corrected chi connectivity index (χ1v) is 13.8. The molecule has 0 aromatic rings. The van der Waals surface area contributed by atoms with Crippen molar-refractivity contribution in [2.45, 2.75) is 110 Å². The summed E-state index contributed by atoms with van der Waals surface area (Å²) < 4.78 is 18.9. The predicted octanol–water partition coefficient (Wildman–Crippen LogP) is 5.97. The van der Waals surface area contributed by atoms with Crippen molar-refractivity contribution in [2.75, 3.05) is 6.61 Å². The van der Waals surface area contributed by atoms with E-state index >= 15 is 0 Å². The number of hydrogen-bond donors (Lipinski definition) is 0. The van der Waals surface area contributed by atoms with E-state index in [0.717, 1.165) is 55.5 Å². The number of rotatable bonds is 1. The molecule has 0 N–H and O–H groups in total. The molecule has 180 valence electrons. The molecule has 4 aliphatic carbocycles. The van der Waals surface area contributed by atoms with Crippen molar-refractivity contribution in [3.8, 4) is 0 Å². The van der Waals surface area contributed by atoms with E-state index in [1.165, 1.54) is 44.9 Å². The van der Waals surface area contributed by atoms with Crippen LogP contribution in [0.25, 0.3) is 0 Å². The smallest absolute Gasteiger partial charge is 0.302 e. The van der Waals surface area contributed by atoms with Crippen molar-refractivity contribution in [3.05, 3.63) is 0 Å². The van der Waals surface area contributed by atoms with Crippen LogP contribution in [-0.2, 0) is 19.0 Å². The summed E-state index contributed by atoms with van der Waals surface area (Å²) in [5, 5.41) is 0. The van der Waals surface area contributed by atoms with E-state index in [4.69, 9.17) is 14.2 Å². The highest BCUT2D eigenvalue weighted by atomic mass is 16.7. The molecule has 2 saturated heterocycles. The summed E-state index contributed by atoms with van der Waals surface area (Å²) >= 11 is 0. The summed E-state index contributed by atoms with van der Waals surface area (Å²) in [5.74, 6) is 5.71. The van der Waals surface area contributed by atoms with Crippen LogP contribution in [0.1, 0.15) is 91.9 Å². The molecular formula is C28H44O4. The highest BCUT2D eigenvalue weighted by Crippen LogP contribution is 2.67. The Balaban J connectivity index is 1.17. The van der Waals surface area contributed by atoms with Crippen LogP contribution in [0.5, 0.6) is 0 Å². The SMILES string of the molecule is CC(=O)OC1CCC2(C)C(CCC3C4CC5OC6(CCC(C)CO6)C(C)C5C4CCC32)C1. The predicted molar refractivity (Wildman–Crippen MR) is 123 cm³/mol. The highest BCUT2D eigenvalue weighted by Gasteiger charge is 2.65. The number of carbonyl (C=O) groups excluding carboxylic acids is 1. The van der Waals surface area contributed by atoms with Gasteiger partial charge in [-0.05, 0) is 105 Å². The zero-order valence-electron chi connectivity index (χ0n) is 20.7. The van der Waals surface area contributed by atoms with Crippen molar-refractivity contribution < 1.29 is 19.0 Å². The topological polar surface area (TPSA) is 44.8 Å². The van der Waals surface area contributed by atoms with Crippen LogP contribution >= 0.6 is 0 Å². The van der Waals surface area contributed by atoms with Crippen LogP contribution < -0.4 is 0 Å². The maximum Gasteiger partial charge on any atom is 0.302 e. The minimum Gasteiger partial charge on any atom is -0.463 e. The van der Waals surface area contributed by atoms with E-state index in [9.17, 15) is 4.79 Å².